The van der Waals surface area contributed by atoms with Crippen LogP contribution in [0.3, 0.4) is 0 Å². The van der Waals surface area contributed by atoms with E-state index in [4.69, 9.17) is 0 Å². The van der Waals surface area contributed by atoms with E-state index in [0.717, 1.165) is 10.6 Å². The molecule has 106 valence electrons. The largest absolute Gasteiger partial charge is 0.477 e. The van der Waals surface area contributed by atoms with Gasteiger partial charge in [0.2, 0.25) is 0 Å². The molecule has 3 nitrogen and oxygen atoms in total. The lowest BCUT2D eigenvalue weighted by Crippen LogP contribution is -2.10. The molecular weight excluding hydrogens is 277 g/mol. The van der Waals surface area contributed by atoms with Crippen molar-refractivity contribution in [2.75, 3.05) is 0 Å². The van der Waals surface area contributed by atoms with Crippen molar-refractivity contribution in [1.29, 1.82) is 0 Å². The van der Waals surface area contributed by atoms with Crippen LogP contribution >= 0.6 is 11.3 Å². The van der Waals surface area contributed by atoms with Crippen LogP contribution in [-0.4, -0.2) is 16.1 Å². The summed E-state index contributed by atoms with van der Waals surface area (Å²) in [7, 11) is 0. The van der Waals surface area contributed by atoms with Crippen LogP contribution in [0.25, 0.3) is 0 Å². The van der Waals surface area contributed by atoms with E-state index in [2.05, 4.69) is 4.98 Å². The normalized spacial score (nSPS) is 11.6. The van der Waals surface area contributed by atoms with E-state index < -0.39 is 5.97 Å². The number of hydrogen-bond acceptors (Lipinski definition) is 3. The van der Waals surface area contributed by atoms with E-state index in [0.29, 0.717) is 12.1 Å². The summed E-state index contributed by atoms with van der Waals surface area (Å²) in [6, 6.07) is 6.15. The van der Waals surface area contributed by atoms with E-state index in [1.807, 2.05) is 20.8 Å². The van der Waals surface area contributed by atoms with Gasteiger partial charge in [-0.2, -0.15) is 0 Å². The zero-order valence-electron chi connectivity index (χ0n) is 11.6. The lowest BCUT2D eigenvalue weighted by atomic mass is 9.98. The minimum atomic E-state index is -0.982. The summed E-state index contributed by atoms with van der Waals surface area (Å²) in [6.45, 7) is 5.97. The van der Waals surface area contributed by atoms with Gasteiger partial charge in [0.25, 0.3) is 0 Å². The van der Waals surface area contributed by atoms with Crippen molar-refractivity contribution in [2.45, 2.75) is 32.6 Å². The Labute approximate surface area is 121 Å². The van der Waals surface area contributed by atoms with Gasteiger partial charge in [-0.25, -0.2) is 14.2 Å². The van der Waals surface area contributed by atoms with Crippen LogP contribution < -0.4 is 0 Å². The lowest BCUT2D eigenvalue weighted by Gasteiger charge is -2.13. The molecule has 0 spiro atoms. The number of halogens is 1. The Balaban J connectivity index is 2.40. The molecule has 5 heteroatoms. The predicted octanol–water partition coefficient (Wildman–Crippen LogP) is 3.87. The first kappa shape index (κ1) is 14.7. The molecule has 1 aromatic heterocycles. The molecule has 2 aromatic rings. The molecule has 0 amide bonds. The Morgan fingerprint density at radius 2 is 2.10 bits per heavy atom. The molecular formula is C15H16FNO2S. The molecule has 0 bridgehead atoms. The fourth-order valence-corrected chi connectivity index (χ4v) is 2.78. The molecule has 0 unspecified atom stereocenters. The van der Waals surface area contributed by atoms with Gasteiger partial charge in [-0.3, -0.25) is 0 Å². The molecule has 1 heterocycles. The Kier molecular flexibility index (Phi) is 3.90. The van der Waals surface area contributed by atoms with Gasteiger partial charge in [-0.15, -0.1) is 11.3 Å². The highest BCUT2D eigenvalue weighted by molar-refractivity contribution is 7.13. The standard InChI is InChI=1S/C15H16FNO2S/c1-15(2,3)14-17-11(12(20-14)13(18)19)8-9-5-4-6-10(16)7-9/h4-7H,8H2,1-3H3,(H,18,19). The third kappa shape index (κ3) is 3.22. The molecule has 0 aliphatic carbocycles. The highest BCUT2D eigenvalue weighted by Crippen LogP contribution is 2.30. The summed E-state index contributed by atoms with van der Waals surface area (Å²) in [5.41, 5.74) is 1.02. The number of benzene rings is 1. The minimum absolute atomic E-state index is 0.199. The fourth-order valence-electron chi connectivity index (χ4n) is 1.80. The molecule has 0 radical (unpaired) electrons. The molecule has 0 fully saturated rings. The van der Waals surface area contributed by atoms with E-state index in [9.17, 15) is 14.3 Å². The summed E-state index contributed by atoms with van der Waals surface area (Å²) >= 11 is 1.19. The third-order valence-corrected chi connectivity index (χ3v) is 4.31. The van der Waals surface area contributed by atoms with Crippen molar-refractivity contribution in [3.63, 3.8) is 0 Å². The maximum Gasteiger partial charge on any atom is 0.347 e. The zero-order valence-corrected chi connectivity index (χ0v) is 12.4. The molecule has 1 aromatic carbocycles. The summed E-state index contributed by atoms with van der Waals surface area (Å²) < 4.78 is 13.2. The Hall–Kier alpha value is -1.75. The summed E-state index contributed by atoms with van der Waals surface area (Å²) in [5.74, 6) is -1.31. The Morgan fingerprint density at radius 3 is 2.65 bits per heavy atom. The average molecular weight is 293 g/mol. The van der Waals surface area contributed by atoms with Crippen LogP contribution in [0.1, 0.15) is 46.7 Å². The summed E-state index contributed by atoms with van der Waals surface area (Å²) in [4.78, 5) is 16.0. The van der Waals surface area contributed by atoms with Gasteiger partial charge in [0.15, 0.2) is 0 Å². The van der Waals surface area contributed by atoms with Gasteiger partial charge in [-0.05, 0) is 17.7 Å². The van der Waals surface area contributed by atoms with Gasteiger partial charge >= 0.3 is 5.97 Å². The number of aromatic nitrogens is 1. The van der Waals surface area contributed by atoms with Crippen molar-refractivity contribution in [2.24, 2.45) is 0 Å². The number of carbonyl (C=O) groups is 1. The topological polar surface area (TPSA) is 50.2 Å². The molecule has 0 saturated carbocycles. The predicted molar refractivity (Wildman–Crippen MR) is 77.0 cm³/mol. The average Bonchev–Trinajstić information content (AvgIpc) is 2.72. The molecule has 20 heavy (non-hydrogen) atoms. The number of thiazole rings is 1. The van der Waals surface area contributed by atoms with Crippen molar-refractivity contribution in [3.05, 3.63) is 51.2 Å². The maximum atomic E-state index is 13.2. The first-order valence-electron chi connectivity index (χ1n) is 6.25. The first-order valence-corrected chi connectivity index (χ1v) is 7.07. The highest BCUT2D eigenvalue weighted by atomic mass is 32.1. The Morgan fingerprint density at radius 1 is 1.40 bits per heavy atom. The van der Waals surface area contributed by atoms with Crippen LogP contribution in [0.5, 0.6) is 0 Å². The van der Waals surface area contributed by atoms with Crippen molar-refractivity contribution in [3.8, 4) is 0 Å². The molecule has 0 aliphatic rings. The first-order chi connectivity index (χ1) is 9.27. The second kappa shape index (κ2) is 5.32. The molecule has 2 rings (SSSR count). The van der Waals surface area contributed by atoms with Crippen molar-refractivity contribution >= 4 is 17.3 Å². The van der Waals surface area contributed by atoms with Crippen LogP contribution in [0.2, 0.25) is 0 Å². The minimum Gasteiger partial charge on any atom is -0.477 e. The van der Waals surface area contributed by atoms with E-state index in [1.54, 1.807) is 12.1 Å². The monoisotopic (exact) mass is 293 g/mol. The van der Waals surface area contributed by atoms with Gasteiger partial charge in [0.05, 0.1) is 10.7 Å². The summed E-state index contributed by atoms with van der Waals surface area (Å²) in [6.07, 6.45) is 0.325. The highest BCUT2D eigenvalue weighted by Gasteiger charge is 2.24. The molecule has 0 atom stereocenters. The number of carboxylic acid groups (broad SMARTS) is 1. The number of rotatable bonds is 3. The van der Waals surface area contributed by atoms with E-state index in [1.165, 1.54) is 23.5 Å². The fraction of sp³-hybridized carbons (Fsp3) is 0.333. The number of aromatic carboxylic acids is 1. The number of nitrogens with zero attached hydrogens (tertiary/aromatic N) is 1. The Bertz CT molecular complexity index is 644. The van der Waals surface area contributed by atoms with E-state index in [-0.39, 0.29) is 16.1 Å². The van der Waals surface area contributed by atoms with Crippen LogP contribution in [0, 0.1) is 5.82 Å². The quantitative estimate of drug-likeness (QED) is 0.934. The van der Waals surface area contributed by atoms with Gasteiger partial charge in [-0.1, -0.05) is 32.9 Å². The van der Waals surface area contributed by atoms with Crippen LogP contribution in [0.15, 0.2) is 24.3 Å². The zero-order chi connectivity index (χ0) is 14.9. The maximum absolute atomic E-state index is 13.2. The van der Waals surface area contributed by atoms with Crippen LogP contribution in [-0.2, 0) is 11.8 Å². The smallest absolute Gasteiger partial charge is 0.347 e. The van der Waals surface area contributed by atoms with Crippen molar-refractivity contribution < 1.29 is 14.3 Å². The summed E-state index contributed by atoms with van der Waals surface area (Å²) in [5, 5.41) is 10.1. The number of carboxylic acids is 1. The molecule has 0 aliphatic heterocycles. The SMILES string of the molecule is CC(C)(C)c1nc(Cc2cccc(F)c2)c(C(=O)O)s1. The van der Waals surface area contributed by atoms with Crippen LogP contribution in [0.4, 0.5) is 4.39 Å². The van der Waals surface area contributed by atoms with Gasteiger partial charge < -0.3 is 5.11 Å². The number of hydrogen-bond donors (Lipinski definition) is 1. The van der Waals surface area contributed by atoms with Gasteiger partial charge in [0, 0.05) is 11.8 Å². The van der Waals surface area contributed by atoms with Gasteiger partial charge in [0.1, 0.15) is 10.7 Å². The lowest BCUT2D eigenvalue weighted by molar-refractivity contribution is 0.0701. The molecule has 1 N–H and O–H groups in total. The third-order valence-electron chi connectivity index (χ3n) is 2.79. The van der Waals surface area contributed by atoms with Crippen molar-refractivity contribution in [1.82, 2.24) is 4.98 Å². The van der Waals surface area contributed by atoms with E-state index >= 15 is 0 Å². The molecule has 0 saturated heterocycles. The second-order valence-corrected chi connectivity index (χ2v) is 6.66. The second-order valence-electron chi connectivity index (χ2n) is 5.66.